The van der Waals surface area contributed by atoms with Gasteiger partial charge in [-0.1, -0.05) is 44.0 Å². The minimum absolute atomic E-state index is 0.0330. The molecule has 3 fully saturated rings. The molecule has 0 radical (unpaired) electrons. The quantitative estimate of drug-likeness (QED) is 0.728. The van der Waals surface area contributed by atoms with Crippen LogP contribution in [0.4, 0.5) is 0 Å². The lowest BCUT2D eigenvalue weighted by Crippen LogP contribution is -2.67. The first-order valence-corrected chi connectivity index (χ1v) is 11.3. The van der Waals surface area contributed by atoms with Crippen molar-refractivity contribution >= 4 is 15.9 Å². The maximum atomic E-state index is 12.9. The highest BCUT2D eigenvalue weighted by atomic mass is 32.2. The number of carbonyl (C=O) groups is 1. The third kappa shape index (κ3) is 2.64. The lowest BCUT2D eigenvalue weighted by molar-refractivity contribution is -0.194. The molecule has 158 valence electrons. The smallest absolute Gasteiger partial charge is 0.297 e. The third-order valence-electron chi connectivity index (χ3n) is 7.65. The Labute approximate surface area is 171 Å². The minimum atomic E-state index is -4.21. The summed E-state index contributed by atoms with van der Waals surface area (Å²) in [6.45, 7) is 9.16. The minimum Gasteiger partial charge on any atom is -0.390 e. The molecule has 1 aromatic rings. The van der Waals surface area contributed by atoms with Crippen molar-refractivity contribution < 1.29 is 27.6 Å². The van der Waals surface area contributed by atoms with Gasteiger partial charge in [0.15, 0.2) is 5.78 Å². The average Bonchev–Trinajstić information content (AvgIpc) is 2.69. The van der Waals surface area contributed by atoms with Crippen molar-refractivity contribution in [2.75, 3.05) is 0 Å². The van der Waals surface area contributed by atoms with Gasteiger partial charge in [-0.15, -0.1) is 0 Å². The topological polar surface area (TPSA) is 101 Å². The predicted octanol–water partition coefficient (Wildman–Crippen LogP) is 2.23. The Morgan fingerprint density at radius 1 is 0.966 bits per heavy atom. The highest BCUT2D eigenvalue weighted by Crippen LogP contribution is 2.71. The lowest BCUT2D eigenvalue weighted by Gasteiger charge is -2.65. The van der Waals surface area contributed by atoms with Crippen molar-refractivity contribution in [1.82, 2.24) is 0 Å². The normalized spacial score (nSPS) is 40.7. The van der Waals surface area contributed by atoms with E-state index < -0.39 is 45.2 Å². The molecule has 0 amide bonds. The summed E-state index contributed by atoms with van der Waals surface area (Å²) in [4.78, 5) is 12.7. The molecule has 4 bridgehead atoms. The zero-order valence-corrected chi connectivity index (χ0v) is 18.1. The average molecular weight is 421 g/mol. The van der Waals surface area contributed by atoms with E-state index in [0.717, 1.165) is 11.1 Å². The van der Waals surface area contributed by atoms with Gasteiger partial charge in [0.1, 0.15) is 6.10 Å². The van der Waals surface area contributed by atoms with Gasteiger partial charge in [-0.05, 0) is 49.3 Å². The number of benzene rings is 1. The molecule has 6 rings (SSSR count). The number of allylic oxidation sites excluding steroid dienone is 2. The predicted molar refractivity (Wildman–Crippen MR) is 106 cm³/mol. The summed E-state index contributed by atoms with van der Waals surface area (Å²) in [5.74, 6) is -0.823. The van der Waals surface area contributed by atoms with Crippen LogP contribution in [0.15, 0.2) is 40.8 Å². The van der Waals surface area contributed by atoms with Crippen LogP contribution in [-0.4, -0.2) is 42.7 Å². The van der Waals surface area contributed by atoms with Crippen LogP contribution < -0.4 is 0 Å². The Hall–Kier alpha value is -1.54. The Morgan fingerprint density at radius 3 is 2.10 bits per heavy atom. The molecule has 1 aromatic carbocycles. The molecule has 5 aliphatic rings. The summed E-state index contributed by atoms with van der Waals surface area (Å²) in [5, 5.41) is 22.4. The molecule has 7 heteroatoms. The molecule has 29 heavy (non-hydrogen) atoms. The van der Waals surface area contributed by atoms with Gasteiger partial charge in [0, 0.05) is 11.3 Å². The van der Waals surface area contributed by atoms with Crippen molar-refractivity contribution in [3.63, 3.8) is 0 Å². The fraction of sp³-hybridized carbons (Fsp3) is 0.591. The van der Waals surface area contributed by atoms with Crippen LogP contribution in [0.25, 0.3) is 0 Å². The Bertz CT molecular complexity index is 993. The Kier molecular flexibility index (Phi) is 4.45. The van der Waals surface area contributed by atoms with Gasteiger partial charge in [0.25, 0.3) is 10.1 Å². The van der Waals surface area contributed by atoms with Crippen molar-refractivity contribution in [2.24, 2.45) is 28.6 Å². The summed E-state index contributed by atoms with van der Waals surface area (Å²) in [6, 6.07) is 6.21. The number of hydrogen-bond donors (Lipinski definition) is 2. The monoisotopic (exact) mass is 420 g/mol. The molecular formula is C22H28O6S. The zero-order valence-electron chi connectivity index (χ0n) is 17.3. The van der Waals surface area contributed by atoms with Gasteiger partial charge in [-0.2, -0.15) is 8.42 Å². The number of aliphatic hydroxyl groups is 2. The van der Waals surface area contributed by atoms with Crippen molar-refractivity contribution in [1.29, 1.82) is 0 Å². The maximum absolute atomic E-state index is 12.9. The van der Waals surface area contributed by atoms with E-state index in [9.17, 15) is 23.4 Å². The van der Waals surface area contributed by atoms with Crippen molar-refractivity contribution in [3.05, 3.63) is 41.5 Å². The number of fused-ring (bicyclic) bond motifs is 4. The first-order chi connectivity index (χ1) is 13.3. The van der Waals surface area contributed by atoms with Gasteiger partial charge in [-0.25, -0.2) is 0 Å². The highest BCUT2D eigenvalue weighted by Gasteiger charge is 2.75. The molecule has 6 nitrogen and oxygen atoms in total. The summed E-state index contributed by atoms with van der Waals surface area (Å²) < 4.78 is 31.3. The van der Waals surface area contributed by atoms with Crippen LogP contribution in [0, 0.1) is 35.5 Å². The molecule has 5 aliphatic carbocycles. The van der Waals surface area contributed by atoms with Gasteiger partial charge < -0.3 is 10.2 Å². The number of aryl methyl sites for hydroxylation is 1. The van der Waals surface area contributed by atoms with E-state index in [1.807, 2.05) is 27.7 Å². The van der Waals surface area contributed by atoms with E-state index in [2.05, 4.69) is 0 Å². The van der Waals surface area contributed by atoms with E-state index in [4.69, 9.17) is 4.18 Å². The molecule has 0 aliphatic heterocycles. The van der Waals surface area contributed by atoms with Gasteiger partial charge in [0.2, 0.25) is 0 Å². The standard InChI is InChI=1S/C22H28O6S/c1-11-6-8-13(9-7-11)29(26,27)28-18-19(24)21(3,4)17-15-12(2)10-14(23)16(17)22(15,5)20(18)25/h6-10,15-20,24-25H,1-5H3/t15-,16+,17-,18+,19+,20+,22+/m0/s1. The fourth-order valence-electron chi connectivity index (χ4n) is 6.09. The van der Waals surface area contributed by atoms with Crippen LogP contribution in [0.5, 0.6) is 0 Å². The molecule has 7 atom stereocenters. The fourth-order valence-corrected chi connectivity index (χ4v) is 7.17. The molecule has 0 saturated heterocycles. The Morgan fingerprint density at radius 2 is 1.55 bits per heavy atom. The first kappa shape index (κ1) is 20.7. The van der Waals surface area contributed by atoms with E-state index in [0.29, 0.717) is 0 Å². The molecular weight excluding hydrogens is 392 g/mol. The SMILES string of the molecule is CC1=CC(=O)[C@@H]2[C@@H]3[C@H]1[C@@]2(C)[C@H](O)[C@H](OS(=O)(=O)c1ccc(C)cc1)[C@@H](O)C3(C)C. The zero-order chi connectivity index (χ0) is 21.5. The van der Waals surface area contributed by atoms with Gasteiger partial charge in [0.05, 0.1) is 17.1 Å². The number of carbonyl (C=O) groups excluding carboxylic acids is 1. The van der Waals surface area contributed by atoms with E-state index in [1.54, 1.807) is 25.1 Å². The molecule has 0 aromatic heterocycles. The second kappa shape index (κ2) is 6.23. The van der Waals surface area contributed by atoms with E-state index >= 15 is 0 Å². The molecule has 2 N–H and O–H groups in total. The summed E-state index contributed by atoms with van der Waals surface area (Å²) in [7, 11) is -4.21. The van der Waals surface area contributed by atoms with Crippen LogP contribution in [0.1, 0.15) is 33.3 Å². The van der Waals surface area contributed by atoms with Crippen LogP contribution in [0.3, 0.4) is 0 Å². The van der Waals surface area contributed by atoms with Crippen molar-refractivity contribution in [3.8, 4) is 0 Å². The third-order valence-corrected chi connectivity index (χ3v) is 8.98. The molecule has 3 saturated carbocycles. The van der Waals surface area contributed by atoms with E-state index in [1.165, 1.54) is 12.1 Å². The number of hydrogen-bond acceptors (Lipinski definition) is 6. The second-order valence-corrected chi connectivity index (χ2v) is 11.2. The largest absolute Gasteiger partial charge is 0.390 e. The summed E-state index contributed by atoms with van der Waals surface area (Å²) >= 11 is 0. The summed E-state index contributed by atoms with van der Waals surface area (Å²) in [5.41, 5.74) is 0.0845. The van der Waals surface area contributed by atoms with Crippen molar-refractivity contribution in [2.45, 2.75) is 57.8 Å². The lowest BCUT2D eigenvalue weighted by atomic mass is 9.37. The first-order valence-electron chi connectivity index (χ1n) is 9.91. The van der Waals surface area contributed by atoms with Gasteiger partial charge in [-0.3, -0.25) is 8.98 Å². The molecule has 0 spiro atoms. The van der Waals surface area contributed by atoms with Crippen LogP contribution in [-0.2, 0) is 19.1 Å². The molecule has 0 unspecified atom stereocenters. The second-order valence-electron chi connectivity index (χ2n) is 9.68. The van der Waals surface area contributed by atoms with Crippen LogP contribution in [0.2, 0.25) is 0 Å². The maximum Gasteiger partial charge on any atom is 0.297 e. The number of ketones is 1. The van der Waals surface area contributed by atoms with Crippen LogP contribution >= 0.6 is 0 Å². The molecule has 0 heterocycles. The van der Waals surface area contributed by atoms with Gasteiger partial charge >= 0.3 is 0 Å². The summed E-state index contributed by atoms with van der Waals surface area (Å²) in [6.07, 6.45) is -2.31. The highest BCUT2D eigenvalue weighted by molar-refractivity contribution is 7.86. The number of aliphatic hydroxyl groups excluding tert-OH is 2. The van der Waals surface area contributed by atoms with E-state index in [-0.39, 0.29) is 22.5 Å². The number of rotatable bonds is 3. The Balaban J connectivity index is 1.77.